The summed E-state index contributed by atoms with van der Waals surface area (Å²) in [6.45, 7) is 3.50. The van der Waals surface area contributed by atoms with Gasteiger partial charge in [0.1, 0.15) is 6.10 Å². The molecule has 2 rings (SSSR count). The molecule has 0 aliphatic heterocycles. The van der Waals surface area contributed by atoms with E-state index < -0.39 is 23.8 Å². The number of phenolic OH excluding ortho intramolecular Hbond substituents is 2. The van der Waals surface area contributed by atoms with Crippen molar-refractivity contribution in [2.75, 3.05) is 6.61 Å². The zero-order valence-corrected chi connectivity index (χ0v) is 15.6. The van der Waals surface area contributed by atoms with Gasteiger partial charge in [0.2, 0.25) is 0 Å². The topological polar surface area (TPSA) is 128 Å². The Morgan fingerprint density at radius 3 is 2.52 bits per heavy atom. The summed E-state index contributed by atoms with van der Waals surface area (Å²) < 4.78 is 15.6. The Bertz CT molecular complexity index is 672. The van der Waals surface area contributed by atoms with Crippen LogP contribution < -0.4 is 5.73 Å². The predicted octanol–water partition coefficient (Wildman–Crippen LogP) is 2.91. The van der Waals surface area contributed by atoms with Crippen LogP contribution in [0.1, 0.15) is 57.4 Å². The van der Waals surface area contributed by atoms with Crippen LogP contribution in [0.25, 0.3) is 0 Å². The lowest BCUT2D eigenvalue weighted by atomic mass is 9.90. The molecule has 0 spiro atoms. The van der Waals surface area contributed by atoms with Gasteiger partial charge in [-0.1, -0.05) is 19.9 Å². The van der Waals surface area contributed by atoms with Gasteiger partial charge in [-0.2, -0.15) is 0 Å². The molecule has 150 valence electrons. The van der Waals surface area contributed by atoms with Gasteiger partial charge in [0.05, 0.1) is 6.61 Å². The fraction of sp³-hybridized carbons (Fsp3) is 0.579. The quantitative estimate of drug-likeness (QED) is 0.374. The SMILES string of the molecule is CCCOC(=O)[C@@](N)(OC(=O)OC1CCCC1)C(C)c1ccc(O)c(O)c1. The Kier molecular flexibility index (Phi) is 6.90. The maximum absolute atomic E-state index is 12.6. The molecule has 1 saturated carbocycles. The molecule has 8 nitrogen and oxygen atoms in total. The molecular weight excluding hydrogens is 354 g/mol. The number of esters is 1. The highest BCUT2D eigenvalue weighted by Crippen LogP contribution is 2.34. The zero-order valence-electron chi connectivity index (χ0n) is 15.6. The van der Waals surface area contributed by atoms with Crippen molar-refractivity contribution in [2.24, 2.45) is 5.73 Å². The molecule has 1 fully saturated rings. The fourth-order valence-corrected chi connectivity index (χ4v) is 2.98. The van der Waals surface area contributed by atoms with E-state index in [0.29, 0.717) is 12.0 Å². The second kappa shape index (κ2) is 8.94. The number of aromatic hydroxyl groups is 2. The minimum absolute atomic E-state index is 0.117. The van der Waals surface area contributed by atoms with E-state index in [1.54, 1.807) is 6.92 Å². The van der Waals surface area contributed by atoms with Gasteiger partial charge in [-0.3, -0.25) is 5.73 Å². The number of nitrogens with two attached hydrogens (primary N) is 1. The number of phenols is 2. The number of carbonyl (C=O) groups excluding carboxylic acids is 2. The Balaban J connectivity index is 2.23. The second-order valence-electron chi connectivity index (χ2n) is 6.78. The van der Waals surface area contributed by atoms with Crippen LogP contribution >= 0.6 is 0 Å². The van der Waals surface area contributed by atoms with Crippen LogP contribution in [-0.4, -0.2) is 40.8 Å². The van der Waals surface area contributed by atoms with E-state index >= 15 is 0 Å². The van der Waals surface area contributed by atoms with Gasteiger partial charge in [0.25, 0.3) is 5.72 Å². The molecule has 0 aromatic heterocycles. The third-order valence-corrected chi connectivity index (χ3v) is 4.72. The van der Waals surface area contributed by atoms with E-state index in [2.05, 4.69) is 0 Å². The Morgan fingerprint density at radius 1 is 1.26 bits per heavy atom. The highest BCUT2D eigenvalue weighted by atomic mass is 16.7. The summed E-state index contributed by atoms with van der Waals surface area (Å²) in [5.41, 5.74) is 4.42. The number of hydrogen-bond acceptors (Lipinski definition) is 8. The third-order valence-electron chi connectivity index (χ3n) is 4.72. The molecule has 1 unspecified atom stereocenters. The number of benzene rings is 1. The van der Waals surface area contributed by atoms with Gasteiger partial charge in [-0.05, 0) is 49.8 Å². The van der Waals surface area contributed by atoms with Crippen molar-refractivity contribution in [1.82, 2.24) is 0 Å². The van der Waals surface area contributed by atoms with E-state index in [9.17, 15) is 19.8 Å². The van der Waals surface area contributed by atoms with Gasteiger partial charge in [0, 0.05) is 5.92 Å². The van der Waals surface area contributed by atoms with Crippen LogP contribution in [-0.2, 0) is 19.0 Å². The third kappa shape index (κ3) is 5.03. The van der Waals surface area contributed by atoms with Crippen LogP contribution in [0.3, 0.4) is 0 Å². The smallest absolute Gasteiger partial charge is 0.504 e. The molecule has 0 bridgehead atoms. The lowest BCUT2D eigenvalue weighted by Crippen LogP contribution is -2.56. The number of rotatable bonds is 7. The fourth-order valence-electron chi connectivity index (χ4n) is 2.98. The average Bonchev–Trinajstić information content (AvgIpc) is 3.13. The van der Waals surface area contributed by atoms with Crippen LogP contribution in [0.15, 0.2) is 18.2 Å². The van der Waals surface area contributed by atoms with E-state index in [0.717, 1.165) is 25.7 Å². The summed E-state index contributed by atoms with van der Waals surface area (Å²) in [4.78, 5) is 24.8. The molecule has 0 saturated heterocycles. The van der Waals surface area contributed by atoms with Crippen LogP contribution in [0.5, 0.6) is 11.5 Å². The molecule has 1 aromatic carbocycles. The molecule has 1 aromatic rings. The van der Waals surface area contributed by atoms with Gasteiger partial charge >= 0.3 is 12.1 Å². The van der Waals surface area contributed by atoms with Gasteiger partial charge in [-0.15, -0.1) is 0 Å². The van der Waals surface area contributed by atoms with Gasteiger partial charge in [-0.25, -0.2) is 9.59 Å². The average molecular weight is 381 g/mol. The minimum atomic E-state index is -2.14. The van der Waals surface area contributed by atoms with Crippen molar-refractivity contribution in [3.05, 3.63) is 23.8 Å². The number of ether oxygens (including phenoxy) is 3. The lowest BCUT2D eigenvalue weighted by molar-refractivity contribution is -0.171. The summed E-state index contributed by atoms with van der Waals surface area (Å²) in [5, 5.41) is 19.2. The Hall–Kier alpha value is -2.48. The highest BCUT2D eigenvalue weighted by molar-refractivity contribution is 5.83. The summed E-state index contributed by atoms with van der Waals surface area (Å²) in [6.07, 6.45) is 2.71. The molecule has 0 amide bonds. The molecule has 0 radical (unpaired) electrons. The standard InChI is InChI=1S/C19H27NO7/c1-3-10-25-17(23)19(20,27-18(24)26-14-6-4-5-7-14)12(2)13-8-9-15(21)16(22)11-13/h8-9,11-12,14,21-22H,3-7,10,20H2,1-2H3/t12?,19-/m0/s1. The Labute approximate surface area is 158 Å². The van der Waals surface area contributed by atoms with Gasteiger partial charge in [0.15, 0.2) is 11.5 Å². The summed E-state index contributed by atoms with van der Waals surface area (Å²) >= 11 is 0. The van der Waals surface area contributed by atoms with Crippen LogP contribution in [0, 0.1) is 0 Å². The maximum Gasteiger partial charge on any atom is 0.510 e. The minimum Gasteiger partial charge on any atom is -0.504 e. The maximum atomic E-state index is 12.6. The summed E-state index contributed by atoms with van der Waals surface area (Å²) in [7, 11) is 0. The van der Waals surface area contributed by atoms with Gasteiger partial charge < -0.3 is 24.4 Å². The molecule has 1 aliphatic rings. The van der Waals surface area contributed by atoms with Crippen molar-refractivity contribution < 1.29 is 34.0 Å². The first-order chi connectivity index (χ1) is 12.8. The van der Waals surface area contributed by atoms with E-state index in [1.807, 2.05) is 6.92 Å². The lowest BCUT2D eigenvalue weighted by Gasteiger charge is -2.32. The summed E-state index contributed by atoms with van der Waals surface area (Å²) in [6, 6.07) is 3.98. The van der Waals surface area contributed by atoms with Crippen molar-refractivity contribution in [3.63, 3.8) is 0 Å². The first-order valence-electron chi connectivity index (χ1n) is 9.15. The van der Waals surface area contributed by atoms with Crippen LogP contribution in [0.4, 0.5) is 4.79 Å². The first-order valence-corrected chi connectivity index (χ1v) is 9.15. The predicted molar refractivity (Wildman–Crippen MR) is 96.2 cm³/mol. The van der Waals surface area contributed by atoms with Crippen molar-refractivity contribution in [3.8, 4) is 11.5 Å². The normalized spacial score (nSPS) is 17.7. The van der Waals surface area contributed by atoms with E-state index in [1.165, 1.54) is 18.2 Å². The second-order valence-corrected chi connectivity index (χ2v) is 6.78. The molecule has 2 atom stereocenters. The first kappa shape index (κ1) is 20.8. The molecule has 8 heteroatoms. The number of hydrogen-bond donors (Lipinski definition) is 3. The molecule has 0 heterocycles. The van der Waals surface area contributed by atoms with Crippen molar-refractivity contribution in [1.29, 1.82) is 0 Å². The molecule has 4 N–H and O–H groups in total. The summed E-state index contributed by atoms with van der Waals surface area (Å²) in [5.74, 6) is -2.47. The van der Waals surface area contributed by atoms with E-state index in [4.69, 9.17) is 19.9 Å². The monoisotopic (exact) mass is 381 g/mol. The molecule has 27 heavy (non-hydrogen) atoms. The largest absolute Gasteiger partial charge is 0.510 e. The Morgan fingerprint density at radius 2 is 1.93 bits per heavy atom. The number of carbonyl (C=O) groups is 2. The van der Waals surface area contributed by atoms with Crippen LogP contribution in [0.2, 0.25) is 0 Å². The molecular formula is C19H27NO7. The highest BCUT2D eigenvalue weighted by Gasteiger charge is 2.47. The molecule has 1 aliphatic carbocycles. The van der Waals surface area contributed by atoms with Crippen molar-refractivity contribution >= 4 is 12.1 Å². The van der Waals surface area contributed by atoms with Crippen molar-refractivity contribution in [2.45, 2.75) is 63.7 Å². The van der Waals surface area contributed by atoms with E-state index in [-0.39, 0.29) is 24.2 Å². The zero-order chi connectivity index (χ0) is 20.0.